The van der Waals surface area contributed by atoms with Crippen molar-refractivity contribution in [1.82, 2.24) is 9.80 Å². The normalized spacial score (nSPS) is 21.0. The Kier molecular flexibility index (Phi) is 5.11. The summed E-state index contributed by atoms with van der Waals surface area (Å²) in [5.74, 6) is 0.204. The molecule has 4 nitrogen and oxygen atoms in total. The zero-order valence-corrected chi connectivity index (χ0v) is 15.1. The number of carbonyl (C=O) groups is 2. The van der Waals surface area contributed by atoms with E-state index < -0.39 is 0 Å². The third kappa shape index (κ3) is 3.55. The van der Waals surface area contributed by atoms with Crippen molar-refractivity contribution in [3.8, 4) is 0 Å². The SMILES string of the molecule is CCC(C)C(=O)N1CCC2(CCC(=O)N2Cc2ccc(F)cc2)CC1. The molecule has 1 aromatic carbocycles. The van der Waals surface area contributed by atoms with E-state index in [0.29, 0.717) is 13.0 Å². The Hall–Kier alpha value is -1.91. The van der Waals surface area contributed by atoms with Gasteiger partial charge in [-0.1, -0.05) is 26.0 Å². The quantitative estimate of drug-likeness (QED) is 0.839. The first-order valence-corrected chi connectivity index (χ1v) is 9.29. The number of rotatable bonds is 4. The molecule has 2 amide bonds. The molecule has 2 fully saturated rings. The van der Waals surface area contributed by atoms with Crippen molar-refractivity contribution in [2.75, 3.05) is 13.1 Å². The molecule has 0 radical (unpaired) electrons. The van der Waals surface area contributed by atoms with Crippen molar-refractivity contribution in [2.24, 2.45) is 5.92 Å². The molecule has 2 saturated heterocycles. The fourth-order valence-electron chi connectivity index (χ4n) is 4.05. The van der Waals surface area contributed by atoms with Gasteiger partial charge in [0.15, 0.2) is 0 Å². The van der Waals surface area contributed by atoms with Gasteiger partial charge < -0.3 is 9.80 Å². The van der Waals surface area contributed by atoms with E-state index in [0.717, 1.165) is 44.3 Å². The van der Waals surface area contributed by atoms with Crippen molar-refractivity contribution in [2.45, 2.75) is 58.0 Å². The Bertz CT molecular complexity index is 636. The number of hydrogen-bond acceptors (Lipinski definition) is 2. The van der Waals surface area contributed by atoms with E-state index in [9.17, 15) is 14.0 Å². The van der Waals surface area contributed by atoms with Crippen LogP contribution >= 0.6 is 0 Å². The van der Waals surface area contributed by atoms with E-state index in [4.69, 9.17) is 0 Å². The minimum Gasteiger partial charge on any atom is -0.342 e. The predicted molar refractivity (Wildman–Crippen MR) is 94.2 cm³/mol. The molecule has 0 N–H and O–H groups in total. The summed E-state index contributed by atoms with van der Waals surface area (Å²) in [5, 5.41) is 0. The fraction of sp³-hybridized carbons (Fsp3) is 0.600. The van der Waals surface area contributed by atoms with Gasteiger partial charge in [-0.3, -0.25) is 9.59 Å². The molecule has 0 aliphatic carbocycles. The minimum atomic E-state index is -0.261. The molecule has 2 aliphatic rings. The molecule has 5 heteroatoms. The number of carbonyl (C=O) groups excluding carboxylic acids is 2. The van der Waals surface area contributed by atoms with Crippen LogP contribution in [0.3, 0.4) is 0 Å². The lowest BCUT2D eigenvalue weighted by Crippen LogP contribution is -2.54. The van der Waals surface area contributed by atoms with Crippen molar-refractivity contribution < 1.29 is 14.0 Å². The lowest BCUT2D eigenvalue weighted by molar-refractivity contribution is -0.139. The average Bonchev–Trinajstić information content (AvgIpc) is 2.92. The Balaban J connectivity index is 1.69. The highest BCUT2D eigenvalue weighted by atomic mass is 19.1. The lowest BCUT2D eigenvalue weighted by atomic mass is 9.84. The molecule has 0 aromatic heterocycles. The van der Waals surface area contributed by atoms with Gasteiger partial charge >= 0.3 is 0 Å². The maximum absolute atomic E-state index is 13.1. The molecule has 1 spiro atoms. The van der Waals surface area contributed by atoms with Crippen molar-refractivity contribution in [3.05, 3.63) is 35.6 Å². The van der Waals surface area contributed by atoms with E-state index in [2.05, 4.69) is 0 Å². The van der Waals surface area contributed by atoms with Crippen LogP contribution in [0.15, 0.2) is 24.3 Å². The third-order valence-electron chi connectivity index (χ3n) is 5.97. The van der Waals surface area contributed by atoms with E-state index in [1.807, 2.05) is 23.6 Å². The molecule has 3 rings (SSSR count). The Labute approximate surface area is 149 Å². The summed E-state index contributed by atoms with van der Waals surface area (Å²) in [6.07, 6.45) is 3.96. The molecule has 2 aliphatic heterocycles. The fourth-order valence-corrected chi connectivity index (χ4v) is 4.05. The largest absolute Gasteiger partial charge is 0.342 e. The van der Waals surface area contributed by atoms with Gasteiger partial charge in [0.2, 0.25) is 11.8 Å². The van der Waals surface area contributed by atoms with Crippen LogP contribution in [0.2, 0.25) is 0 Å². The van der Waals surface area contributed by atoms with Gasteiger partial charge in [-0.25, -0.2) is 4.39 Å². The Morgan fingerprint density at radius 1 is 1.20 bits per heavy atom. The van der Waals surface area contributed by atoms with Gasteiger partial charge in [-0.2, -0.15) is 0 Å². The van der Waals surface area contributed by atoms with Crippen LogP contribution < -0.4 is 0 Å². The standard InChI is InChI=1S/C20H27FN2O2/c1-3-15(2)19(25)22-12-10-20(11-13-22)9-8-18(24)23(20)14-16-4-6-17(21)7-5-16/h4-7,15H,3,8-14H2,1-2H3. The molecular formula is C20H27FN2O2. The number of piperidine rings is 1. The average molecular weight is 346 g/mol. The topological polar surface area (TPSA) is 40.6 Å². The number of hydrogen-bond donors (Lipinski definition) is 0. The third-order valence-corrected chi connectivity index (χ3v) is 5.97. The maximum Gasteiger partial charge on any atom is 0.225 e. The number of amides is 2. The van der Waals surface area contributed by atoms with Gasteiger partial charge in [-0.15, -0.1) is 0 Å². The van der Waals surface area contributed by atoms with Crippen LogP contribution in [0.4, 0.5) is 4.39 Å². The van der Waals surface area contributed by atoms with Crippen LogP contribution in [0.5, 0.6) is 0 Å². The van der Waals surface area contributed by atoms with E-state index in [1.54, 1.807) is 12.1 Å². The number of nitrogens with zero attached hydrogens (tertiary/aromatic N) is 2. The highest BCUT2D eigenvalue weighted by Crippen LogP contribution is 2.40. The Morgan fingerprint density at radius 2 is 1.84 bits per heavy atom. The van der Waals surface area contributed by atoms with E-state index in [1.165, 1.54) is 12.1 Å². The second kappa shape index (κ2) is 7.14. The highest BCUT2D eigenvalue weighted by molar-refractivity contribution is 5.80. The van der Waals surface area contributed by atoms with Gasteiger partial charge in [0.25, 0.3) is 0 Å². The first-order chi connectivity index (χ1) is 11.9. The second-order valence-electron chi connectivity index (χ2n) is 7.47. The highest BCUT2D eigenvalue weighted by Gasteiger charge is 2.47. The smallest absolute Gasteiger partial charge is 0.225 e. The number of benzene rings is 1. The van der Waals surface area contributed by atoms with Crippen molar-refractivity contribution >= 4 is 11.8 Å². The molecule has 136 valence electrons. The van der Waals surface area contributed by atoms with Gasteiger partial charge in [0.1, 0.15) is 5.82 Å². The first-order valence-electron chi connectivity index (χ1n) is 9.29. The first kappa shape index (κ1) is 17.9. The van der Waals surface area contributed by atoms with Gasteiger partial charge in [0.05, 0.1) is 0 Å². The monoisotopic (exact) mass is 346 g/mol. The summed E-state index contributed by atoms with van der Waals surface area (Å²) in [5.41, 5.74) is 0.812. The zero-order chi connectivity index (χ0) is 18.0. The van der Waals surface area contributed by atoms with Crippen molar-refractivity contribution in [1.29, 1.82) is 0 Å². The van der Waals surface area contributed by atoms with Gasteiger partial charge in [-0.05, 0) is 43.4 Å². The molecule has 0 bridgehead atoms. The molecule has 2 heterocycles. The maximum atomic E-state index is 13.1. The summed E-state index contributed by atoms with van der Waals surface area (Å²) >= 11 is 0. The van der Waals surface area contributed by atoms with Crippen molar-refractivity contribution in [3.63, 3.8) is 0 Å². The molecule has 1 aromatic rings. The molecule has 1 unspecified atom stereocenters. The van der Waals surface area contributed by atoms with E-state index >= 15 is 0 Å². The molecular weight excluding hydrogens is 319 g/mol. The minimum absolute atomic E-state index is 0.0644. The summed E-state index contributed by atoms with van der Waals surface area (Å²) < 4.78 is 13.1. The molecule has 25 heavy (non-hydrogen) atoms. The second-order valence-corrected chi connectivity index (χ2v) is 7.47. The zero-order valence-electron chi connectivity index (χ0n) is 15.1. The predicted octanol–water partition coefficient (Wildman–Crippen LogP) is 3.36. The van der Waals surface area contributed by atoms with Crippen LogP contribution in [-0.4, -0.2) is 40.2 Å². The summed E-state index contributed by atoms with van der Waals surface area (Å²) in [6.45, 7) is 5.98. The van der Waals surface area contributed by atoms with E-state index in [-0.39, 0.29) is 29.1 Å². The van der Waals surface area contributed by atoms with Crippen LogP contribution in [-0.2, 0) is 16.1 Å². The number of halogens is 1. The van der Waals surface area contributed by atoms with Crippen LogP contribution in [0.25, 0.3) is 0 Å². The Morgan fingerprint density at radius 3 is 2.44 bits per heavy atom. The summed E-state index contributed by atoms with van der Waals surface area (Å²) in [4.78, 5) is 28.8. The lowest BCUT2D eigenvalue weighted by Gasteiger charge is -2.45. The summed E-state index contributed by atoms with van der Waals surface area (Å²) in [6, 6.07) is 6.37. The summed E-state index contributed by atoms with van der Waals surface area (Å²) in [7, 11) is 0. The van der Waals surface area contributed by atoms with Crippen LogP contribution in [0, 0.1) is 11.7 Å². The van der Waals surface area contributed by atoms with Crippen LogP contribution in [0.1, 0.15) is 51.5 Å². The van der Waals surface area contributed by atoms with Gasteiger partial charge in [0, 0.05) is 37.5 Å². The number of likely N-dealkylation sites (tertiary alicyclic amines) is 2. The molecule has 1 atom stereocenters. The molecule has 0 saturated carbocycles.